The van der Waals surface area contributed by atoms with Crippen LogP contribution in [-0.2, 0) is 6.42 Å². The van der Waals surface area contributed by atoms with Gasteiger partial charge in [-0.25, -0.2) is 0 Å². The Morgan fingerprint density at radius 1 is 1.22 bits per heavy atom. The molecule has 4 unspecified atom stereocenters. The maximum Gasteiger partial charge on any atom is 0.0150 e. The summed E-state index contributed by atoms with van der Waals surface area (Å²) >= 11 is 0. The van der Waals surface area contributed by atoms with Gasteiger partial charge in [-0.3, -0.25) is 0 Å². The molecule has 0 spiro atoms. The third-order valence-corrected chi connectivity index (χ3v) is 5.02. The molecule has 0 radical (unpaired) electrons. The monoisotopic (exact) mass is 243 g/mol. The Kier molecular flexibility index (Phi) is 2.78. The lowest BCUT2D eigenvalue weighted by atomic mass is 9.82. The first-order chi connectivity index (χ1) is 8.54. The molecule has 98 valence electrons. The summed E-state index contributed by atoms with van der Waals surface area (Å²) in [6.45, 7) is 7.10. The molecule has 0 saturated heterocycles. The van der Waals surface area contributed by atoms with Crippen molar-refractivity contribution in [3.63, 3.8) is 0 Å². The fourth-order valence-electron chi connectivity index (χ4n) is 4.28. The van der Waals surface area contributed by atoms with Gasteiger partial charge in [0.05, 0.1) is 0 Å². The van der Waals surface area contributed by atoms with Crippen molar-refractivity contribution in [3.8, 4) is 0 Å². The number of hydrogen-bond acceptors (Lipinski definition) is 1. The number of aryl methyl sites for hydroxylation is 1. The van der Waals surface area contributed by atoms with Gasteiger partial charge in [0.25, 0.3) is 0 Å². The van der Waals surface area contributed by atoms with E-state index in [1.807, 2.05) is 0 Å². The maximum atomic E-state index is 3.59. The normalized spacial score (nSPS) is 31.4. The molecule has 2 aliphatic rings. The first-order valence-electron chi connectivity index (χ1n) is 7.29. The quantitative estimate of drug-likeness (QED) is 0.837. The highest BCUT2D eigenvalue weighted by molar-refractivity contribution is 5.40. The number of hydrogen-bond donors (Lipinski definition) is 1. The lowest BCUT2D eigenvalue weighted by molar-refractivity contribution is 0.243. The van der Waals surface area contributed by atoms with Gasteiger partial charge in [-0.2, -0.15) is 0 Å². The second kappa shape index (κ2) is 4.09. The van der Waals surface area contributed by atoms with Gasteiger partial charge < -0.3 is 5.32 Å². The first-order valence-corrected chi connectivity index (χ1v) is 7.29. The maximum absolute atomic E-state index is 3.59. The van der Waals surface area contributed by atoms with Gasteiger partial charge in [0.1, 0.15) is 0 Å². The minimum absolute atomic E-state index is 0.353. The van der Waals surface area contributed by atoms with Gasteiger partial charge in [-0.05, 0) is 54.2 Å². The van der Waals surface area contributed by atoms with Gasteiger partial charge in [0.2, 0.25) is 0 Å². The highest BCUT2D eigenvalue weighted by atomic mass is 14.9. The molecule has 4 atom stereocenters. The summed E-state index contributed by atoms with van der Waals surface area (Å²) in [5.74, 6) is 2.60. The van der Waals surface area contributed by atoms with Crippen molar-refractivity contribution in [3.05, 3.63) is 35.4 Å². The molecule has 1 aromatic carbocycles. The summed E-state index contributed by atoms with van der Waals surface area (Å²) in [5.41, 5.74) is 3.60. The molecule has 1 nitrogen and oxygen atoms in total. The van der Waals surface area contributed by atoms with Crippen LogP contribution in [0.1, 0.15) is 44.2 Å². The van der Waals surface area contributed by atoms with Crippen LogP contribution in [0.5, 0.6) is 0 Å². The molecule has 0 bridgehead atoms. The lowest BCUT2D eigenvalue weighted by Crippen LogP contribution is -2.40. The SMILES string of the molecule is CNC(C1C2CCc3ccccc3C21)C(C)(C)C. The molecule has 0 amide bonds. The predicted molar refractivity (Wildman–Crippen MR) is 76.8 cm³/mol. The van der Waals surface area contributed by atoms with Crippen molar-refractivity contribution in [2.24, 2.45) is 17.3 Å². The van der Waals surface area contributed by atoms with Crippen molar-refractivity contribution in [2.45, 2.75) is 45.6 Å². The fourth-order valence-corrected chi connectivity index (χ4v) is 4.28. The molecule has 0 aliphatic heterocycles. The van der Waals surface area contributed by atoms with Crippen LogP contribution in [0.3, 0.4) is 0 Å². The molecule has 1 heteroatoms. The highest BCUT2D eigenvalue weighted by Crippen LogP contribution is 2.62. The first kappa shape index (κ1) is 12.2. The van der Waals surface area contributed by atoms with Gasteiger partial charge in [-0.1, -0.05) is 45.0 Å². The number of rotatable bonds is 2. The van der Waals surface area contributed by atoms with Gasteiger partial charge in [-0.15, -0.1) is 0 Å². The van der Waals surface area contributed by atoms with E-state index in [0.29, 0.717) is 11.5 Å². The van der Waals surface area contributed by atoms with E-state index in [2.05, 4.69) is 57.4 Å². The number of fused-ring (bicyclic) bond motifs is 3. The van der Waals surface area contributed by atoms with Gasteiger partial charge in [0.15, 0.2) is 0 Å². The zero-order valence-electron chi connectivity index (χ0n) is 12.0. The van der Waals surface area contributed by atoms with Crippen LogP contribution < -0.4 is 5.32 Å². The molecule has 1 saturated carbocycles. The van der Waals surface area contributed by atoms with E-state index in [4.69, 9.17) is 0 Å². The van der Waals surface area contributed by atoms with Crippen LogP contribution in [0.2, 0.25) is 0 Å². The van der Waals surface area contributed by atoms with Crippen LogP contribution in [0.25, 0.3) is 0 Å². The molecule has 2 aliphatic carbocycles. The van der Waals surface area contributed by atoms with Crippen LogP contribution in [-0.4, -0.2) is 13.1 Å². The standard InChI is InChI=1S/C17H25N/c1-17(2,3)16(18-4)15-13-10-9-11-7-5-6-8-12(11)14(13)15/h5-8,13-16,18H,9-10H2,1-4H3. The third kappa shape index (κ3) is 1.80. The summed E-state index contributed by atoms with van der Waals surface area (Å²) in [5, 5.41) is 3.59. The largest absolute Gasteiger partial charge is 0.316 e. The summed E-state index contributed by atoms with van der Waals surface area (Å²) in [6, 6.07) is 9.73. The van der Waals surface area contributed by atoms with Crippen molar-refractivity contribution in [1.29, 1.82) is 0 Å². The minimum Gasteiger partial charge on any atom is -0.316 e. The smallest absolute Gasteiger partial charge is 0.0150 e. The topological polar surface area (TPSA) is 12.0 Å². The van der Waals surface area contributed by atoms with E-state index in [0.717, 1.165) is 17.8 Å². The summed E-state index contributed by atoms with van der Waals surface area (Å²) in [7, 11) is 2.13. The molecule has 18 heavy (non-hydrogen) atoms. The van der Waals surface area contributed by atoms with Crippen LogP contribution in [0.4, 0.5) is 0 Å². The van der Waals surface area contributed by atoms with Crippen molar-refractivity contribution in [2.75, 3.05) is 7.05 Å². The molecule has 1 aromatic rings. The van der Waals surface area contributed by atoms with E-state index in [1.54, 1.807) is 11.1 Å². The zero-order valence-corrected chi connectivity index (χ0v) is 12.0. The Morgan fingerprint density at radius 2 is 1.94 bits per heavy atom. The molecule has 0 aromatic heterocycles. The number of benzene rings is 1. The second-order valence-corrected chi connectivity index (χ2v) is 7.14. The van der Waals surface area contributed by atoms with Crippen molar-refractivity contribution < 1.29 is 0 Å². The minimum atomic E-state index is 0.353. The Morgan fingerprint density at radius 3 is 2.61 bits per heavy atom. The predicted octanol–water partition coefficient (Wildman–Crippen LogP) is 3.60. The lowest BCUT2D eigenvalue weighted by Gasteiger charge is -2.31. The molecular weight excluding hydrogens is 218 g/mol. The van der Waals surface area contributed by atoms with Crippen molar-refractivity contribution >= 4 is 0 Å². The Balaban J connectivity index is 1.88. The highest BCUT2D eigenvalue weighted by Gasteiger charge is 2.57. The van der Waals surface area contributed by atoms with E-state index in [-0.39, 0.29) is 0 Å². The van der Waals surface area contributed by atoms with Crippen LogP contribution in [0.15, 0.2) is 24.3 Å². The Labute approximate surface area is 111 Å². The fraction of sp³-hybridized carbons (Fsp3) is 0.647. The van der Waals surface area contributed by atoms with Gasteiger partial charge in [0, 0.05) is 6.04 Å². The van der Waals surface area contributed by atoms with Gasteiger partial charge >= 0.3 is 0 Å². The van der Waals surface area contributed by atoms with Crippen LogP contribution >= 0.6 is 0 Å². The summed E-state index contributed by atoms with van der Waals surface area (Å²) in [4.78, 5) is 0. The molecule has 1 fully saturated rings. The van der Waals surface area contributed by atoms with E-state index < -0.39 is 0 Å². The zero-order chi connectivity index (χ0) is 12.9. The molecule has 0 heterocycles. The molecule has 1 N–H and O–H groups in total. The van der Waals surface area contributed by atoms with E-state index in [9.17, 15) is 0 Å². The van der Waals surface area contributed by atoms with Crippen molar-refractivity contribution in [1.82, 2.24) is 5.32 Å². The summed E-state index contributed by atoms with van der Waals surface area (Å²) < 4.78 is 0. The third-order valence-electron chi connectivity index (χ3n) is 5.02. The van der Waals surface area contributed by atoms with E-state index >= 15 is 0 Å². The summed E-state index contributed by atoms with van der Waals surface area (Å²) in [6.07, 6.45) is 2.68. The average molecular weight is 243 g/mol. The molecule has 3 rings (SSSR count). The Hall–Kier alpha value is -0.820. The van der Waals surface area contributed by atoms with E-state index in [1.165, 1.54) is 12.8 Å². The second-order valence-electron chi connectivity index (χ2n) is 7.14. The molecular formula is C17H25N. The Bertz CT molecular complexity index is 443. The number of nitrogens with one attached hydrogen (secondary N) is 1. The van der Waals surface area contributed by atoms with Crippen LogP contribution in [0, 0.1) is 17.3 Å². The average Bonchev–Trinajstić information content (AvgIpc) is 3.03.